The van der Waals surface area contributed by atoms with Crippen LogP contribution in [0.25, 0.3) is 22.0 Å². The largest absolute Gasteiger partial charge is 0.356 e. The maximum absolute atomic E-state index is 14.0. The van der Waals surface area contributed by atoms with Crippen LogP contribution in [0.5, 0.6) is 0 Å². The van der Waals surface area contributed by atoms with Gasteiger partial charge in [-0.1, -0.05) is 18.7 Å². The smallest absolute Gasteiger partial charge is 0.350 e. The van der Waals surface area contributed by atoms with Crippen LogP contribution in [0.15, 0.2) is 52.7 Å². The predicted octanol–water partition coefficient (Wildman–Crippen LogP) is 4.91. The van der Waals surface area contributed by atoms with Gasteiger partial charge in [0, 0.05) is 79.4 Å². The van der Waals surface area contributed by atoms with Gasteiger partial charge >= 0.3 is 5.69 Å². The van der Waals surface area contributed by atoms with Crippen LogP contribution in [-0.2, 0) is 4.79 Å². The van der Waals surface area contributed by atoms with E-state index < -0.39 is 0 Å². The average molecular weight is 588 g/mol. The van der Waals surface area contributed by atoms with Crippen LogP contribution >= 0.6 is 11.8 Å². The molecule has 7 nitrogen and oxygen atoms in total. The Morgan fingerprint density at radius 1 is 1.07 bits per heavy atom. The number of aromatic nitrogens is 2. The molecular weight excluding hydrogens is 549 g/mol. The number of rotatable bonds is 7. The minimum Gasteiger partial charge on any atom is -0.356 e. The van der Waals surface area contributed by atoms with Gasteiger partial charge in [-0.3, -0.25) is 19.2 Å². The minimum atomic E-state index is -0.262. The summed E-state index contributed by atoms with van der Waals surface area (Å²) in [5.74, 6) is 1.31. The molecule has 0 unspecified atom stereocenters. The maximum atomic E-state index is 14.0. The van der Waals surface area contributed by atoms with Crippen molar-refractivity contribution in [2.45, 2.75) is 49.6 Å². The second-order valence-electron chi connectivity index (χ2n) is 12.3. The summed E-state index contributed by atoms with van der Waals surface area (Å²) >= 11 is 1.81. The fourth-order valence-electron chi connectivity index (χ4n) is 7.16. The number of hydrogen-bond acceptors (Lipinski definition) is 7. The quantitative estimate of drug-likeness (QED) is 0.364. The van der Waals surface area contributed by atoms with E-state index in [1.165, 1.54) is 31.1 Å². The number of aryl methyl sites for hydroxylation is 1. The van der Waals surface area contributed by atoms with Gasteiger partial charge in [0.25, 0.3) is 0 Å². The molecule has 0 N–H and O–H groups in total. The Kier molecular flexibility index (Phi) is 7.44. The zero-order chi connectivity index (χ0) is 29.0. The standard InChI is InChI=1S/C33H38FN5O2S/c1-3-28(40)22-10-12-38(13-11-22)32-27-18-21(2)29(23-4-6-24(34)7-5-23)31-30(27)39(33(41)35-32)26(20-42-31)19-36-14-16-37(17-15-36)25-8-9-25/h3-7,18,22,25-26H,1,8-17,19-20H2,2H3/t26-/m0/s1. The van der Waals surface area contributed by atoms with Crippen LogP contribution in [-0.4, -0.2) is 82.7 Å². The highest BCUT2D eigenvalue weighted by Crippen LogP contribution is 2.46. The van der Waals surface area contributed by atoms with Gasteiger partial charge in [-0.15, -0.1) is 11.8 Å². The lowest BCUT2D eigenvalue weighted by Crippen LogP contribution is -2.49. The molecule has 4 heterocycles. The fourth-order valence-corrected chi connectivity index (χ4v) is 8.54. The lowest BCUT2D eigenvalue weighted by molar-refractivity contribution is -0.118. The number of nitrogens with zero attached hydrogens (tertiary/aromatic N) is 5. The number of allylic oxidation sites excluding steroid dienone is 1. The Morgan fingerprint density at radius 3 is 2.45 bits per heavy atom. The summed E-state index contributed by atoms with van der Waals surface area (Å²) in [7, 11) is 0. The van der Waals surface area contributed by atoms with Crippen molar-refractivity contribution in [1.29, 1.82) is 0 Å². The normalized spacial score (nSPS) is 22.0. The van der Waals surface area contributed by atoms with E-state index in [2.05, 4.69) is 34.3 Å². The van der Waals surface area contributed by atoms with E-state index in [1.54, 1.807) is 0 Å². The highest BCUT2D eigenvalue weighted by molar-refractivity contribution is 7.99. The molecule has 9 heteroatoms. The number of anilines is 1. The van der Waals surface area contributed by atoms with E-state index in [9.17, 15) is 14.0 Å². The molecule has 1 aliphatic carbocycles. The first-order chi connectivity index (χ1) is 20.4. The summed E-state index contributed by atoms with van der Waals surface area (Å²) < 4.78 is 15.8. The predicted molar refractivity (Wildman–Crippen MR) is 167 cm³/mol. The Balaban J connectivity index is 1.29. The van der Waals surface area contributed by atoms with Crippen LogP contribution in [0.3, 0.4) is 0 Å². The molecule has 1 saturated carbocycles. The molecule has 1 aromatic heterocycles. The third-order valence-electron chi connectivity index (χ3n) is 9.60. The van der Waals surface area contributed by atoms with Gasteiger partial charge in [-0.05, 0) is 68.0 Å². The van der Waals surface area contributed by atoms with Crippen molar-refractivity contribution in [1.82, 2.24) is 19.4 Å². The van der Waals surface area contributed by atoms with E-state index in [0.29, 0.717) is 18.9 Å². The molecule has 2 aromatic carbocycles. The lowest BCUT2D eigenvalue weighted by atomic mass is 9.92. The number of ketones is 1. The van der Waals surface area contributed by atoms with Crippen molar-refractivity contribution >= 4 is 34.3 Å². The summed E-state index contributed by atoms with van der Waals surface area (Å²) in [5.41, 5.74) is 3.82. The SMILES string of the molecule is C=CC(=O)C1CCN(c2nc(=O)n3c4c(c(-c5ccc(F)cc5)c(C)cc24)SC[C@@H]3CN2CCN(C3CC3)CC2)CC1. The number of benzene rings is 2. The number of carbonyl (C=O) groups is 1. The minimum absolute atomic E-state index is 0.0197. The third-order valence-corrected chi connectivity index (χ3v) is 10.8. The van der Waals surface area contributed by atoms with E-state index in [1.807, 2.05) is 28.5 Å². The molecule has 3 aliphatic heterocycles. The first kappa shape index (κ1) is 27.8. The zero-order valence-electron chi connectivity index (χ0n) is 24.2. The number of piperidine rings is 1. The number of hydrogen-bond donors (Lipinski definition) is 0. The zero-order valence-corrected chi connectivity index (χ0v) is 25.0. The van der Waals surface area contributed by atoms with Gasteiger partial charge in [-0.25, -0.2) is 9.18 Å². The van der Waals surface area contributed by atoms with Crippen molar-refractivity contribution in [3.05, 3.63) is 64.9 Å². The molecule has 220 valence electrons. The molecule has 1 atom stereocenters. The Morgan fingerprint density at radius 2 is 1.79 bits per heavy atom. The van der Waals surface area contributed by atoms with E-state index in [4.69, 9.17) is 4.98 Å². The molecule has 7 rings (SSSR count). The molecule has 42 heavy (non-hydrogen) atoms. The lowest BCUT2D eigenvalue weighted by Gasteiger charge is -2.39. The molecule has 0 bridgehead atoms. The second kappa shape index (κ2) is 11.2. The van der Waals surface area contributed by atoms with Crippen molar-refractivity contribution in [2.75, 3.05) is 56.5 Å². The first-order valence-corrected chi connectivity index (χ1v) is 16.3. The van der Waals surface area contributed by atoms with E-state index in [-0.39, 0.29) is 29.2 Å². The summed E-state index contributed by atoms with van der Waals surface area (Å²) in [4.78, 5) is 39.4. The summed E-state index contributed by atoms with van der Waals surface area (Å²) in [5, 5.41) is 0.984. The second-order valence-corrected chi connectivity index (χ2v) is 13.3. The number of thioether (sulfide) groups is 1. The van der Waals surface area contributed by atoms with Crippen LogP contribution < -0.4 is 10.6 Å². The van der Waals surface area contributed by atoms with Crippen LogP contribution in [0.1, 0.15) is 37.3 Å². The van der Waals surface area contributed by atoms with Gasteiger partial charge in [-0.2, -0.15) is 4.98 Å². The topological polar surface area (TPSA) is 61.7 Å². The molecule has 2 saturated heterocycles. The van der Waals surface area contributed by atoms with Gasteiger partial charge < -0.3 is 4.90 Å². The molecule has 3 aromatic rings. The van der Waals surface area contributed by atoms with Gasteiger partial charge in [0.05, 0.1) is 11.6 Å². The van der Waals surface area contributed by atoms with Crippen LogP contribution in [0.2, 0.25) is 0 Å². The monoisotopic (exact) mass is 587 g/mol. The Labute approximate surface area is 250 Å². The van der Waals surface area contributed by atoms with Crippen molar-refractivity contribution in [2.24, 2.45) is 5.92 Å². The maximum Gasteiger partial charge on any atom is 0.350 e. The van der Waals surface area contributed by atoms with Crippen molar-refractivity contribution < 1.29 is 9.18 Å². The average Bonchev–Trinajstić information content (AvgIpc) is 3.86. The molecule has 0 amide bonds. The number of piperazine rings is 1. The van der Waals surface area contributed by atoms with Gasteiger partial charge in [0.2, 0.25) is 0 Å². The molecular formula is C33H38FN5O2S. The number of carbonyl (C=O) groups excluding carboxylic acids is 1. The number of halogens is 1. The fraction of sp³-hybridized carbons (Fsp3) is 0.485. The summed E-state index contributed by atoms with van der Waals surface area (Å²) in [6.45, 7) is 12.2. The molecule has 3 fully saturated rings. The van der Waals surface area contributed by atoms with E-state index >= 15 is 0 Å². The van der Waals surface area contributed by atoms with Crippen LogP contribution in [0, 0.1) is 18.7 Å². The molecule has 0 spiro atoms. The van der Waals surface area contributed by atoms with E-state index in [0.717, 1.165) is 89.8 Å². The third kappa shape index (κ3) is 5.09. The van der Waals surface area contributed by atoms with Gasteiger partial charge in [0.15, 0.2) is 5.78 Å². The Hall–Kier alpha value is -3.01. The summed E-state index contributed by atoms with van der Waals surface area (Å²) in [6.07, 6.45) is 5.54. The van der Waals surface area contributed by atoms with Crippen molar-refractivity contribution in [3.8, 4) is 11.1 Å². The molecule has 0 radical (unpaired) electrons. The first-order valence-electron chi connectivity index (χ1n) is 15.3. The highest BCUT2D eigenvalue weighted by atomic mass is 32.2. The Bertz CT molecular complexity index is 1580. The molecule has 4 aliphatic rings. The van der Waals surface area contributed by atoms with Crippen LogP contribution in [0.4, 0.5) is 10.2 Å². The highest BCUT2D eigenvalue weighted by Gasteiger charge is 2.35. The summed E-state index contributed by atoms with van der Waals surface area (Å²) in [6, 6.07) is 9.64. The van der Waals surface area contributed by atoms with Crippen molar-refractivity contribution in [3.63, 3.8) is 0 Å². The van der Waals surface area contributed by atoms with Gasteiger partial charge in [0.1, 0.15) is 11.6 Å².